The number of halogens is 1. The van der Waals surface area contributed by atoms with Crippen molar-refractivity contribution >= 4 is 5.91 Å². The maximum Gasteiger partial charge on any atom is 0.251 e. The van der Waals surface area contributed by atoms with E-state index < -0.39 is 5.60 Å². The van der Waals surface area contributed by atoms with Crippen molar-refractivity contribution < 1.29 is 14.3 Å². The maximum absolute atomic E-state index is 12.8. The Morgan fingerprint density at radius 1 is 1.21 bits per heavy atom. The van der Waals surface area contributed by atoms with Crippen LogP contribution in [0.2, 0.25) is 0 Å². The molecular formula is C15H22FNO2. The van der Waals surface area contributed by atoms with Crippen LogP contribution in [0, 0.1) is 5.82 Å². The summed E-state index contributed by atoms with van der Waals surface area (Å²) in [5.41, 5.74) is -0.448. The minimum absolute atomic E-state index is 0.227. The van der Waals surface area contributed by atoms with Gasteiger partial charge >= 0.3 is 0 Å². The van der Waals surface area contributed by atoms with Gasteiger partial charge in [-0.25, -0.2) is 4.39 Å². The Labute approximate surface area is 113 Å². The molecule has 0 aliphatic heterocycles. The number of benzene rings is 1. The van der Waals surface area contributed by atoms with Gasteiger partial charge in [-0.15, -0.1) is 0 Å². The molecule has 0 aliphatic carbocycles. The van der Waals surface area contributed by atoms with Gasteiger partial charge in [-0.2, -0.15) is 0 Å². The number of hydrogen-bond acceptors (Lipinski definition) is 2. The van der Waals surface area contributed by atoms with Gasteiger partial charge in [0, 0.05) is 12.1 Å². The molecule has 4 heteroatoms. The highest BCUT2D eigenvalue weighted by atomic mass is 19.1. The Morgan fingerprint density at radius 3 is 2.21 bits per heavy atom. The number of hydrogen-bond donors (Lipinski definition) is 2. The first-order chi connectivity index (χ1) is 9.00. The van der Waals surface area contributed by atoms with E-state index in [1.807, 2.05) is 13.8 Å². The van der Waals surface area contributed by atoms with E-state index in [2.05, 4.69) is 5.32 Å². The fraction of sp³-hybridized carbons (Fsp3) is 0.533. The van der Waals surface area contributed by atoms with Crippen LogP contribution in [-0.4, -0.2) is 23.2 Å². The molecule has 0 fully saturated rings. The first kappa shape index (κ1) is 15.6. The molecule has 106 valence electrons. The molecule has 3 nitrogen and oxygen atoms in total. The number of nitrogens with one attached hydrogen (secondary N) is 1. The fourth-order valence-electron chi connectivity index (χ4n) is 2.18. The van der Waals surface area contributed by atoms with Crippen LogP contribution >= 0.6 is 0 Å². The van der Waals surface area contributed by atoms with Gasteiger partial charge in [0.05, 0.1) is 5.60 Å². The van der Waals surface area contributed by atoms with Crippen LogP contribution in [0.15, 0.2) is 24.3 Å². The molecule has 1 amide bonds. The second-order valence-corrected chi connectivity index (χ2v) is 4.91. The van der Waals surface area contributed by atoms with Crippen molar-refractivity contribution in [2.75, 3.05) is 6.54 Å². The molecule has 0 radical (unpaired) electrons. The molecule has 0 aromatic heterocycles. The van der Waals surface area contributed by atoms with E-state index in [1.54, 1.807) is 0 Å². The van der Waals surface area contributed by atoms with Crippen LogP contribution in [0.4, 0.5) is 4.39 Å². The van der Waals surface area contributed by atoms with Crippen molar-refractivity contribution in [3.05, 3.63) is 35.6 Å². The lowest BCUT2D eigenvalue weighted by molar-refractivity contribution is 0.0213. The molecule has 1 rings (SSSR count). The molecular weight excluding hydrogens is 245 g/mol. The molecule has 0 heterocycles. The highest BCUT2D eigenvalue weighted by Crippen LogP contribution is 2.18. The van der Waals surface area contributed by atoms with Gasteiger partial charge < -0.3 is 10.4 Å². The molecule has 0 bridgehead atoms. The SMILES string of the molecule is CCCC(O)(CCC)CNC(=O)c1ccc(F)cc1. The number of amides is 1. The van der Waals surface area contributed by atoms with Crippen LogP contribution < -0.4 is 5.32 Å². The Kier molecular flexibility index (Phi) is 5.96. The van der Waals surface area contributed by atoms with Crippen molar-refractivity contribution in [1.29, 1.82) is 0 Å². The van der Waals surface area contributed by atoms with Gasteiger partial charge in [0.25, 0.3) is 5.91 Å². The molecule has 2 N–H and O–H groups in total. The first-order valence-corrected chi connectivity index (χ1v) is 6.77. The summed E-state index contributed by atoms with van der Waals surface area (Å²) in [6.07, 6.45) is 3.04. The van der Waals surface area contributed by atoms with Crippen LogP contribution in [0.3, 0.4) is 0 Å². The van der Waals surface area contributed by atoms with E-state index in [4.69, 9.17) is 0 Å². The molecule has 1 aromatic carbocycles. The van der Waals surface area contributed by atoms with Crippen LogP contribution in [0.25, 0.3) is 0 Å². The normalized spacial score (nSPS) is 11.4. The van der Waals surface area contributed by atoms with E-state index >= 15 is 0 Å². The average molecular weight is 267 g/mol. The summed E-state index contributed by atoms with van der Waals surface area (Å²) in [6.45, 7) is 4.23. The molecule has 1 aromatic rings. The monoisotopic (exact) mass is 267 g/mol. The van der Waals surface area contributed by atoms with Gasteiger partial charge in [-0.1, -0.05) is 26.7 Å². The summed E-state index contributed by atoms with van der Waals surface area (Å²) < 4.78 is 12.8. The maximum atomic E-state index is 12.8. The zero-order chi connectivity index (χ0) is 14.3. The van der Waals surface area contributed by atoms with Crippen LogP contribution in [0.1, 0.15) is 49.9 Å². The standard InChI is InChI=1S/C15H22FNO2/c1-3-9-15(19,10-4-2)11-17-14(18)12-5-7-13(16)8-6-12/h5-8,19H,3-4,9-11H2,1-2H3,(H,17,18). The van der Waals surface area contributed by atoms with Crippen LogP contribution in [-0.2, 0) is 0 Å². The highest BCUT2D eigenvalue weighted by molar-refractivity contribution is 5.94. The van der Waals surface area contributed by atoms with E-state index in [1.165, 1.54) is 24.3 Å². The second-order valence-electron chi connectivity index (χ2n) is 4.91. The summed E-state index contributed by atoms with van der Waals surface area (Å²) in [7, 11) is 0. The van der Waals surface area contributed by atoms with Crippen molar-refractivity contribution in [3.8, 4) is 0 Å². The topological polar surface area (TPSA) is 49.3 Å². The molecule has 0 atom stereocenters. The van der Waals surface area contributed by atoms with E-state index in [9.17, 15) is 14.3 Å². The third-order valence-corrected chi connectivity index (χ3v) is 3.12. The first-order valence-electron chi connectivity index (χ1n) is 6.77. The third kappa shape index (κ3) is 4.99. The lowest BCUT2D eigenvalue weighted by Crippen LogP contribution is -2.42. The van der Waals surface area contributed by atoms with Crippen LogP contribution in [0.5, 0.6) is 0 Å². The number of rotatable bonds is 7. The molecule has 19 heavy (non-hydrogen) atoms. The Hall–Kier alpha value is -1.42. The van der Waals surface area contributed by atoms with Gasteiger partial charge in [0.1, 0.15) is 5.82 Å². The zero-order valence-electron chi connectivity index (χ0n) is 11.6. The number of carbonyl (C=O) groups is 1. The lowest BCUT2D eigenvalue weighted by atomic mass is 9.92. The minimum atomic E-state index is -0.848. The average Bonchev–Trinajstić information content (AvgIpc) is 2.37. The number of aliphatic hydroxyl groups is 1. The van der Waals surface area contributed by atoms with Crippen molar-refractivity contribution in [2.45, 2.75) is 45.1 Å². The third-order valence-electron chi connectivity index (χ3n) is 3.12. The van der Waals surface area contributed by atoms with Gasteiger partial charge in [0.2, 0.25) is 0 Å². The summed E-state index contributed by atoms with van der Waals surface area (Å²) in [5.74, 6) is -0.657. The Bertz CT molecular complexity index is 397. The summed E-state index contributed by atoms with van der Waals surface area (Å²) in [6, 6.07) is 5.37. The van der Waals surface area contributed by atoms with E-state index in [0.717, 1.165) is 12.8 Å². The van der Waals surface area contributed by atoms with Gasteiger partial charge in [0.15, 0.2) is 0 Å². The quantitative estimate of drug-likeness (QED) is 0.798. The second kappa shape index (κ2) is 7.24. The number of carbonyl (C=O) groups excluding carboxylic acids is 1. The van der Waals surface area contributed by atoms with Crippen molar-refractivity contribution in [3.63, 3.8) is 0 Å². The lowest BCUT2D eigenvalue weighted by Gasteiger charge is -2.27. The Balaban J connectivity index is 2.58. The van der Waals surface area contributed by atoms with Gasteiger partial charge in [-0.05, 0) is 37.1 Å². The fourth-order valence-corrected chi connectivity index (χ4v) is 2.18. The predicted octanol–water partition coefficient (Wildman–Crippen LogP) is 2.89. The van der Waals surface area contributed by atoms with Crippen molar-refractivity contribution in [2.24, 2.45) is 0 Å². The molecule has 0 saturated carbocycles. The molecule has 0 aliphatic rings. The molecule has 0 spiro atoms. The minimum Gasteiger partial charge on any atom is -0.388 e. The zero-order valence-corrected chi connectivity index (χ0v) is 11.6. The van der Waals surface area contributed by atoms with Gasteiger partial charge in [-0.3, -0.25) is 4.79 Å². The Morgan fingerprint density at radius 2 is 1.74 bits per heavy atom. The predicted molar refractivity (Wildman–Crippen MR) is 73.5 cm³/mol. The molecule has 0 saturated heterocycles. The summed E-state index contributed by atoms with van der Waals surface area (Å²) in [5, 5.41) is 13.1. The summed E-state index contributed by atoms with van der Waals surface area (Å²) >= 11 is 0. The molecule has 0 unspecified atom stereocenters. The van der Waals surface area contributed by atoms with E-state index in [0.29, 0.717) is 18.4 Å². The van der Waals surface area contributed by atoms with E-state index in [-0.39, 0.29) is 18.3 Å². The highest BCUT2D eigenvalue weighted by Gasteiger charge is 2.25. The smallest absolute Gasteiger partial charge is 0.251 e. The van der Waals surface area contributed by atoms with Crippen molar-refractivity contribution in [1.82, 2.24) is 5.32 Å². The largest absolute Gasteiger partial charge is 0.388 e. The summed E-state index contributed by atoms with van der Waals surface area (Å²) in [4.78, 5) is 11.9.